The topological polar surface area (TPSA) is 66.4 Å². The Morgan fingerprint density at radius 1 is 1.39 bits per heavy atom. The lowest BCUT2D eigenvalue weighted by Gasteiger charge is -2.17. The third-order valence-electron chi connectivity index (χ3n) is 2.32. The van der Waals surface area contributed by atoms with E-state index in [1.807, 2.05) is 11.4 Å². The number of nitrogens with one attached hydrogen (secondary N) is 1. The molecule has 0 saturated heterocycles. The molecule has 0 bridgehead atoms. The summed E-state index contributed by atoms with van der Waals surface area (Å²) in [5.74, 6) is -0.0450. The highest BCUT2D eigenvalue weighted by Gasteiger charge is 2.14. The van der Waals surface area contributed by atoms with Crippen molar-refractivity contribution in [2.75, 3.05) is 6.54 Å². The fourth-order valence-electron chi connectivity index (χ4n) is 1.37. The first-order valence-corrected chi connectivity index (χ1v) is 6.82. The van der Waals surface area contributed by atoms with Gasteiger partial charge in [0.1, 0.15) is 0 Å². The molecule has 0 unspecified atom stereocenters. The van der Waals surface area contributed by atoms with E-state index < -0.39 is 5.60 Å². The first-order chi connectivity index (χ1) is 8.38. The summed E-state index contributed by atoms with van der Waals surface area (Å²) < 4.78 is 0. The summed E-state index contributed by atoms with van der Waals surface area (Å²) in [5, 5.41) is 13.9. The highest BCUT2D eigenvalue weighted by Crippen LogP contribution is 2.13. The monoisotopic (exact) mass is 269 g/mol. The van der Waals surface area contributed by atoms with Gasteiger partial charge in [0.25, 0.3) is 0 Å². The van der Waals surface area contributed by atoms with Crippen LogP contribution in [-0.4, -0.2) is 28.9 Å². The third-order valence-corrected chi connectivity index (χ3v) is 3.23. The standard InChI is InChI=1S/C13H19NO3S/c1-13(2,17)9-14-12(16)7-3-5-10(15)11-6-4-8-18-11/h4,6,8,17H,3,5,7,9H2,1-2H3,(H,14,16). The minimum atomic E-state index is -0.900. The van der Waals surface area contributed by atoms with Gasteiger partial charge in [0.15, 0.2) is 5.78 Å². The van der Waals surface area contributed by atoms with E-state index in [0.717, 1.165) is 4.88 Å². The third kappa shape index (κ3) is 5.93. The van der Waals surface area contributed by atoms with E-state index in [2.05, 4.69) is 5.32 Å². The van der Waals surface area contributed by atoms with Gasteiger partial charge in [-0.2, -0.15) is 0 Å². The van der Waals surface area contributed by atoms with E-state index in [9.17, 15) is 14.7 Å². The lowest BCUT2D eigenvalue weighted by Crippen LogP contribution is -2.38. The second-order valence-corrected chi connectivity index (χ2v) is 5.79. The van der Waals surface area contributed by atoms with Crippen molar-refractivity contribution in [3.05, 3.63) is 22.4 Å². The van der Waals surface area contributed by atoms with Crippen LogP contribution < -0.4 is 5.32 Å². The van der Waals surface area contributed by atoms with Crippen molar-refractivity contribution < 1.29 is 14.7 Å². The Morgan fingerprint density at radius 2 is 2.11 bits per heavy atom. The van der Waals surface area contributed by atoms with Crippen molar-refractivity contribution in [3.8, 4) is 0 Å². The number of carbonyl (C=O) groups excluding carboxylic acids is 2. The van der Waals surface area contributed by atoms with E-state index in [0.29, 0.717) is 19.3 Å². The van der Waals surface area contributed by atoms with Gasteiger partial charge in [0.2, 0.25) is 5.91 Å². The summed E-state index contributed by atoms with van der Waals surface area (Å²) in [7, 11) is 0. The number of aliphatic hydroxyl groups is 1. The van der Waals surface area contributed by atoms with Gasteiger partial charge in [-0.3, -0.25) is 9.59 Å². The van der Waals surface area contributed by atoms with Crippen LogP contribution >= 0.6 is 11.3 Å². The molecule has 1 heterocycles. The summed E-state index contributed by atoms with van der Waals surface area (Å²) in [6.07, 6.45) is 1.23. The molecular formula is C13H19NO3S. The Hall–Kier alpha value is -1.20. The van der Waals surface area contributed by atoms with Crippen LogP contribution in [-0.2, 0) is 4.79 Å². The summed E-state index contributed by atoms with van der Waals surface area (Å²) in [5.41, 5.74) is -0.900. The predicted octanol–water partition coefficient (Wildman–Crippen LogP) is 1.99. The number of thiophene rings is 1. The fraction of sp³-hybridized carbons (Fsp3) is 0.538. The molecule has 1 aromatic heterocycles. The van der Waals surface area contributed by atoms with Gasteiger partial charge in [-0.25, -0.2) is 0 Å². The Kier molecular flexibility index (Phi) is 5.50. The van der Waals surface area contributed by atoms with Gasteiger partial charge >= 0.3 is 0 Å². The zero-order chi connectivity index (χ0) is 13.6. The normalized spacial score (nSPS) is 11.3. The maximum absolute atomic E-state index is 11.6. The molecule has 0 fully saturated rings. The summed E-state index contributed by atoms with van der Waals surface area (Å²) in [6, 6.07) is 3.63. The maximum Gasteiger partial charge on any atom is 0.220 e. The van der Waals surface area contributed by atoms with Gasteiger partial charge in [-0.1, -0.05) is 6.07 Å². The molecule has 1 aromatic rings. The first kappa shape index (κ1) is 14.9. The number of hydrogen-bond acceptors (Lipinski definition) is 4. The Balaban J connectivity index is 2.18. The lowest BCUT2D eigenvalue weighted by molar-refractivity contribution is -0.122. The second-order valence-electron chi connectivity index (χ2n) is 4.84. The summed E-state index contributed by atoms with van der Waals surface area (Å²) in [4.78, 5) is 23.8. The minimum absolute atomic E-state index is 0.0836. The minimum Gasteiger partial charge on any atom is -0.389 e. The van der Waals surface area contributed by atoms with Crippen molar-refractivity contribution in [1.82, 2.24) is 5.32 Å². The molecule has 5 heteroatoms. The van der Waals surface area contributed by atoms with Crippen LogP contribution in [0.4, 0.5) is 0 Å². The lowest BCUT2D eigenvalue weighted by atomic mass is 10.1. The Bertz CT molecular complexity index is 393. The number of amides is 1. The second kappa shape index (κ2) is 6.66. The predicted molar refractivity (Wildman–Crippen MR) is 71.8 cm³/mol. The molecule has 0 atom stereocenters. The van der Waals surface area contributed by atoms with Gasteiger partial charge in [0.05, 0.1) is 10.5 Å². The molecule has 0 aliphatic rings. The number of carbonyl (C=O) groups is 2. The molecule has 18 heavy (non-hydrogen) atoms. The van der Waals surface area contributed by atoms with E-state index in [1.165, 1.54) is 11.3 Å². The van der Waals surface area contributed by atoms with E-state index >= 15 is 0 Å². The maximum atomic E-state index is 11.6. The molecule has 1 amide bonds. The molecule has 0 spiro atoms. The van der Waals surface area contributed by atoms with Crippen molar-refractivity contribution >= 4 is 23.0 Å². The van der Waals surface area contributed by atoms with Crippen LogP contribution in [0, 0.1) is 0 Å². The molecular weight excluding hydrogens is 250 g/mol. The van der Waals surface area contributed by atoms with Crippen LogP contribution in [0.25, 0.3) is 0 Å². The van der Waals surface area contributed by atoms with Gasteiger partial charge in [0, 0.05) is 19.4 Å². The molecule has 100 valence electrons. The van der Waals surface area contributed by atoms with Crippen LogP contribution in [0.3, 0.4) is 0 Å². The Labute approximate surface area is 111 Å². The summed E-state index contributed by atoms with van der Waals surface area (Å²) >= 11 is 1.42. The van der Waals surface area contributed by atoms with Crippen molar-refractivity contribution in [2.45, 2.75) is 38.7 Å². The van der Waals surface area contributed by atoms with Gasteiger partial charge < -0.3 is 10.4 Å². The highest BCUT2D eigenvalue weighted by molar-refractivity contribution is 7.12. The summed E-state index contributed by atoms with van der Waals surface area (Å²) in [6.45, 7) is 3.49. The molecule has 0 aliphatic heterocycles. The van der Waals surface area contributed by atoms with Crippen LogP contribution in [0.15, 0.2) is 17.5 Å². The van der Waals surface area contributed by atoms with Crippen LogP contribution in [0.2, 0.25) is 0 Å². The fourth-order valence-corrected chi connectivity index (χ4v) is 2.07. The average molecular weight is 269 g/mol. The highest BCUT2D eigenvalue weighted by atomic mass is 32.1. The quantitative estimate of drug-likeness (QED) is 0.744. The SMILES string of the molecule is CC(C)(O)CNC(=O)CCCC(=O)c1cccs1. The molecule has 0 aromatic carbocycles. The van der Waals surface area contributed by atoms with E-state index in [4.69, 9.17) is 0 Å². The van der Waals surface area contributed by atoms with Crippen molar-refractivity contribution in [1.29, 1.82) is 0 Å². The Morgan fingerprint density at radius 3 is 2.67 bits per heavy atom. The molecule has 2 N–H and O–H groups in total. The van der Waals surface area contributed by atoms with Crippen molar-refractivity contribution in [2.24, 2.45) is 0 Å². The zero-order valence-electron chi connectivity index (χ0n) is 10.7. The molecule has 0 aliphatic carbocycles. The number of ketones is 1. The zero-order valence-corrected chi connectivity index (χ0v) is 11.5. The van der Waals surface area contributed by atoms with E-state index in [1.54, 1.807) is 19.9 Å². The molecule has 0 saturated carbocycles. The molecule has 0 radical (unpaired) electrons. The molecule has 1 rings (SSSR count). The smallest absolute Gasteiger partial charge is 0.220 e. The number of rotatable bonds is 7. The number of Topliss-reactive ketones (excluding diaryl/α,β-unsaturated/α-hetero) is 1. The average Bonchev–Trinajstić information content (AvgIpc) is 2.78. The van der Waals surface area contributed by atoms with Crippen molar-refractivity contribution in [3.63, 3.8) is 0 Å². The first-order valence-electron chi connectivity index (χ1n) is 5.94. The largest absolute Gasteiger partial charge is 0.389 e. The molecule has 4 nitrogen and oxygen atoms in total. The van der Waals surface area contributed by atoms with E-state index in [-0.39, 0.29) is 18.2 Å². The van der Waals surface area contributed by atoms with Gasteiger partial charge in [-0.15, -0.1) is 11.3 Å². The van der Waals surface area contributed by atoms with Gasteiger partial charge in [-0.05, 0) is 31.7 Å². The van der Waals surface area contributed by atoms with Crippen LogP contribution in [0.5, 0.6) is 0 Å². The van der Waals surface area contributed by atoms with Crippen LogP contribution in [0.1, 0.15) is 42.8 Å². The number of hydrogen-bond donors (Lipinski definition) is 2.